The van der Waals surface area contributed by atoms with E-state index in [1.807, 2.05) is 0 Å². The molecule has 3 nitrogen and oxygen atoms in total. The van der Waals surface area contributed by atoms with Gasteiger partial charge in [0.05, 0.1) is 0 Å². The molecule has 0 N–H and O–H groups in total. The molecule has 0 atom stereocenters. The van der Waals surface area contributed by atoms with Crippen LogP contribution in [0.3, 0.4) is 0 Å². The van der Waals surface area contributed by atoms with Gasteiger partial charge in [0.15, 0.2) is 0 Å². The van der Waals surface area contributed by atoms with Gasteiger partial charge >= 0.3 is 51.4 Å². The molecule has 0 aliphatic carbocycles. The maximum Gasteiger partial charge on any atom is 1.00 e. The van der Waals surface area contributed by atoms with E-state index in [1.54, 1.807) is 0 Å². The molecule has 0 fully saturated rings. The average molecular weight is 174 g/mol. The summed E-state index contributed by atoms with van der Waals surface area (Å²) in [5.74, 6) is 0. The van der Waals surface area contributed by atoms with Gasteiger partial charge in [0.1, 0.15) is 10.1 Å². The molecule has 0 heterocycles. The van der Waals surface area contributed by atoms with E-state index in [0.29, 0.717) is 0 Å². The van der Waals surface area contributed by atoms with E-state index in [-0.39, 0.29) is 56.3 Å². The van der Waals surface area contributed by atoms with Crippen molar-refractivity contribution in [3.63, 3.8) is 0 Å². The predicted octanol–water partition coefficient (Wildman–Crippen LogP) is -2.54. The van der Waals surface area contributed by atoms with Crippen molar-refractivity contribution < 1.29 is 64.4 Å². The fourth-order valence-corrected chi connectivity index (χ4v) is 0.433. The van der Waals surface area contributed by atoms with Gasteiger partial charge in [-0.2, -0.15) is 0 Å². The van der Waals surface area contributed by atoms with E-state index in [9.17, 15) is 13.0 Å². The molecular weight excluding hydrogens is 167 g/mol. The van der Waals surface area contributed by atoms with E-state index in [1.165, 1.54) is 19.9 Å². The van der Waals surface area contributed by atoms with Crippen molar-refractivity contribution in [1.29, 1.82) is 0 Å². The second-order valence-corrected chi connectivity index (χ2v) is 2.91. The minimum atomic E-state index is -4.14. The number of rotatable bonds is 1. The van der Waals surface area contributed by atoms with Crippen LogP contribution in [-0.2, 0) is 10.1 Å². The van der Waals surface area contributed by atoms with Crippen molar-refractivity contribution in [2.45, 2.75) is 13.8 Å². The second-order valence-electron chi connectivity index (χ2n) is 1.35. The largest absolute Gasteiger partial charge is 1.00 e. The first-order valence-electron chi connectivity index (χ1n) is 2.07. The SMILES string of the molecule is CC=C(C)S(=O)(=O)[O-].[K+]. The van der Waals surface area contributed by atoms with Crippen molar-refractivity contribution in [3.05, 3.63) is 11.0 Å². The fourth-order valence-electron chi connectivity index (χ4n) is 0.144. The van der Waals surface area contributed by atoms with Gasteiger partial charge < -0.3 is 4.55 Å². The Hall–Kier alpha value is 1.29. The van der Waals surface area contributed by atoms with Crippen LogP contribution in [0, 0.1) is 0 Å². The van der Waals surface area contributed by atoms with Gasteiger partial charge in [0, 0.05) is 4.91 Å². The molecule has 0 radical (unpaired) electrons. The molecule has 0 amide bonds. The normalized spacial score (nSPS) is 12.6. The van der Waals surface area contributed by atoms with Crippen molar-refractivity contribution >= 4 is 10.1 Å². The standard InChI is InChI=1S/C4H8O3S.K/c1-3-4(2)8(5,6)7;/h3H,1-2H3,(H,5,6,7);/q;+1/p-1. The van der Waals surface area contributed by atoms with Crippen LogP contribution in [-0.4, -0.2) is 13.0 Å². The van der Waals surface area contributed by atoms with Crippen molar-refractivity contribution in [2.24, 2.45) is 0 Å². The van der Waals surface area contributed by atoms with Gasteiger partial charge in [0.2, 0.25) is 0 Å². The first-order chi connectivity index (χ1) is 3.48. The molecule has 0 rings (SSSR count). The average Bonchev–Trinajstić information content (AvgIpc) is 1.62. The molecule has 0 saturated heterocycles. The molecule has 0 spiro atoms. The van der Waals surface area contributed by atoms with E-state index < -0.39 is 10.1 Å². The summed E-state index contributed by atoms with van der Waals surface area (Å²) in [6.07, 6.45) is 1.27. The van der Waals surface area contributed by atoms with Crippen LogP contribution in [0.1, 0.15) is 13.8 Å². The van der Waals surface area contributed by atoms with Crippen LogP contribution in [0.2, 0.25) is 0 Å². The molecule has 0 aliphatic rings. The van der Waals surface area contributed by atoms with Gasteiger partial charge in [0.25, 0.3) is 0 Å². The summed E-state index contributed by atoms with van der Waals surface area (Å²) in [5, 5.41) is 0. The third-order valence-electron chi connectivity index (χ3n) is 0.801. The molecule has 0 aromatic carbocycles. The fraction of sp³-hybridized carbons (Fsp3) is 0.500. The Morgan fingerprint density at radius 1 is 1.56 bits per heavy atom. The second kappa shape index (κ2) is 5.01. The van der Waals surface area contributed by atoms with Gasteiger partial charge in [-0.1, -0.05) is 6.08 Å². The summed E-state index contributed by atoms with van der Waals surface area (Å²) in [4.78, 5) is -0.127. The quantitative estimate of drug-likeness (QED) is 0.325. The number of hydrogen-bond donors (Lipinski definition) is 0. The van der Waals surface area contributed by atoms with Crippen molar-refractivity contribution in [1.82, 2.24) is 0 Å². The number of hydrogen-bond acceptors (Lipinski definition) is 3. The summed E-state index contributed by atoms with van der Waals surface area (Å²) < 4.78 is 29.8. The smallest absolute Gasteiger partial charge is 0.744 e. The Balaban J connectivity index is 0. The minimum Gasteiger partial charge on any atom is -0.744 e. The number of allylic oxidation sites excluding steroid dienone is 2. The Morgan fingerprint density at radius 2 is 1.89 bits per heavy atom. The molecule has 0 unspecified atom stereocenters. The van der Waals surface area contributed by atoms with Crippen LogP contribution in [0.5, 0.6) is 0 Å². The molecule has 9 heavy (non-hydrogen) atoms. The van der Waals surface area contributed by atoms with Gasteiger partial charge in [-0.3, -0.25) is 0 Å². The molecule has 0 aromatic rings. The van der Waals surface area contributed by atoms with Crippen LogP contribution < -0.4 is 51.4 Å². The zero-order chi connectivity index (χ0) is 6.78. The third kappa shape index (κ3) is 5.72. The zero-order valence-corrected chi connectivity index (χ0v) is 9.65. The Morgan fingerprint density at radius 3 is 1.89 bits per heavy atom. The topological polar surface area (TPSA) is 57.2 Å². The summed E-state index contributed by atoms with van der Waals surface area (Å²) in [6.45, 7) is 2.77. The zero-order valence-electron chi connectivity index (χ0n) is 5.71. The first-order valence-corrected chi connectivity index (χ1v) is 3.48. The van der Waals surface area contributed by atoms with Gasteiger partial charge in [-0.05, 0) is 13.8 Å². The van der Waals surface area contributed by atoms with E-state index >= 15 is 0 Å². The van der Waals surface area contributed by atoms with Crippen LogP contribution in [0.25, 0.3) is 0 Å². The van der Waals surface area contributed by atoms with Crippen LogP contribution >= 0.6 is 0 Å². The minimum absolute atomic E-state index is 0. The van der Waals surface area contributed by atoms with E-state index in [4.69, 9.17) is 0 Å². The van der Waals surface area contributed by atoms with Gasteiger partial charge in [-0.25, -0.2) is 8.42 Å². The van der Waals surface area contributed by atoms with E-state index in [2.05, 4.69) is 0 Å². The molecule has 0 aromatic heterocycles. The maximum absolute atomic E-state index is 9.94. The van der Waals surface area contributed by atoms with Crippen LogP contribution in [0.15, 0.2) is 11.0 Å². The summed E-state index contributed by atoms with van der Waals surface area (Å²) in [7, 11) is -4.14. The molecule has 0 bridgehead atoms. The molecule has 0 saturated carbocycles. The maximum atomic E-state index is 9.94. The molecular formula is C4H7KO3S. The molecule has 0 aliphatic heterocycles. The van der Waals surface area contributed by atoms with Crippen molar-refractivity contribution in [2.75, 3.05) is 0 Å². The van der Waals surface area contributed by atoms with E-state index in [0.717, 1.165) is 0 Å². The van der Waals surface area contributed by atoms with Crippen molar-refractivity contribution in [3.8, 4) is 0 Å². The molecule has 5 heteroatoms. The Kier molecular flexibility index (Phi) is 7.19. The summed E-state index contributed by atoms with van der Waals surface area (Å²) in [6, 6.07) is 0. The Bertz CT molecular complexity index is 192. The summed E-state index contributed by atoms with van der Waals surface area (Å²) in [5.41, 5.74) is 0. The summed E-state index contributed by atoms with van der Waals surface area (Å²) >= 11 is 0. The van der Waals surface area contributed by atoms with Crippen LogP contribution in [0.4, 0.5) is 0 Å². The van der Waals surface area contributed by atoms with Gasteiger partial charge in [-0.15, -0.1) is 0 Å². The first kappa shape index (κ1) is 12.9. The predicted molar refractivity (Wildman–Crippen MR) is 29.1 cm³/mol. The monoisotopic (exact) mass is 174 g/mol. The Labute approximate surface area is 97.7 Å². The molecule has 48 valence electrons. The third-order valence-corrected chi connectivity index (χ3v) is 1.83.